The van der Waals surface area contributed by atoms with E-state index in [2.05, 4.69) is 4.98 Å². The fraction of sp³-hybridized carbons (Fsp3) is 0.167. The van der Waals surface area contributed by atoms with Crippen LogP contribution in [0.5, 0.6) is 0 Å². The second-order valence-corrected chi connectivity index (χ2v) is 4.67. The smallest absolute Gasteiger partial charge is 0.416 e. The van der Waals surface area contributed by atoms with E-state index in [1.807, 2.05) is 0 Å². The van der Waals surface area contributed by atoms with Gasteiger partial charge < -0.3 is 4.42 Å². The molecule has 2 rings (SSSR count). The van der Waals surface area contributed by atoms with Gasteiger partial charge in [0.2, 0.25) is 0 Å². The highest BCUT2D eigenvalue weighted by Gasteiger charge is 2.31. The van der Waals surface area contributed by atoms with Crippen molar-refractivity contribution in [1.29, 1.82) is 5.26 Å². The average Bonchev–Trinajstić information content (AvgIpc) is 2.74. The zero-order chi connectivity index (χ0) is 14.0. The molecule has 0 unspecified atom stereocenters. The summed E-state index contributed by atoms with van der Waals surface area (Å²) >= 11 is 1.01. The van der Waals surface area contributed by atoms with Gasteiger partial charge in [-0.15, -0.1) is 0 Å². The van der Waals surface area contributed by atoms with E-state index in [0.29, 0.717) is 10.6 Å². The largest absolute Gasteiger partial charge is 0.439 e. The Morgan fingerprint density at radius 2 is 2.11 bits per heavy atom. The van der Waals surface area contributed by atoms with E-state index in [9.17, 15) is 13.2 Å². The van der Waals surface area contributed by atoms with Crippen LogP contribution in [0.25, 0.3) is 0 Å². The van der Waals surface area contributed by atoms with Crippen molar-refractivity contribution >= 4 is 11.8 Å². The van der Waals surface area contributed by atoms with Crippen LogP contribution in [0.3, 0.4) is 0 Å². The van der Waals surface area contributed by atoms with E-state index in [1.165, 1.54) is 12.3 Å². The van der Waals surface area contributed by atoms with Crippen LogP contribution < -0.4 is 0 Å². The predicted molar refractivity (Wildman–Crippen MR) is 61.5 cm³/mol. The third kappa shape index (κ3) is 3.09. The Hall–Kier alpha value is -1.94. The number of nitriles is 1. The molecule has 0 aliphatic carbocycles. The lowest BCUT2D eigenvalue weighted by atomic mass is 10.1. The summed E-state index contributed by atoms with van der Waals surface area (Å²) in [6, 6.07) is 4.73. The maximum atomic E-state index is 12.5. The van der Waals surface area contributed by atoms with Gasteiger partial charge in [0.25, 0.3) is 5.22 Å². The molecule has 0 fully saturated rings. The fourth-order valence-electron chi connectivity index (χ4n) is 1.36. The quantitative estimate of drug-likeness (QED) is 0.835. The zero-order valence-electron chi connectivity index (χ0n) is 9.65. The van der Waals surface area contributed by atoms with E-state index < -0.39 is 11.7 Å². The molecule has 2 aromatic rings. The first-order chi connectivity index (χ1) is 8.90. The third-order valence-electron chi connectivity index (χ3n) is 2.22. The summed E-state index contributed by atoms with van der Waals surface area (Å²) in [6.07, 6.45) is -3.03. The molecule has 3 nitrogen and oxygen atoms in total. The van der Waals surface area contributed by atoms with Crippen molar-refractivity contribution in [1.82, 2.24) is 4.98 Å². The van der Waals surface area contributed by atoms with Gasteiger partial charge in [0, 0.05) is 4.90 Å². The Bertz CT molecular complexity index is 643. The molecule has 0 atom stereocenters. The van der Waals surface area contributed by atoms with Crippen molar-refractivity contribution in [3.05, 3.63) is 41.3 Å². The normalized spacial score (nSPS) is 11.3. The molecular weight excluding hydrogens is 277 g/mol. The molecule has 0 aliphatic heterocycles. The molecule has 0 radical (unpaired) electrons. The van der Waals surface area contributed by atoms with Gasteiger partial charge in [-0.3, -0.25) is 0 Å². The number of aromatic nitrogens is 1. The van der Waals surface area contributed by atoms with Gasteiger partial charge in [0.05, 0.1) is 16.8 Å². The SMILES string of the molecule is Cc1coc(Sc2ccc(C(F)(F)F)cc2C#N)n1. The summed E-state index contributed by atoms with van der Waals surface area (Å²) in [5.41, 5.74) is -0.249. The molecule has 0 N–H and O–H groups in total. The monoisotopic (exact) mass is 284 g/mol. The summed E-state index contributed by atoms with van der Waals surface area (Å²) < 4.78 is 42.6. The van der Waals surface area contributed by atoms with Crippen LogP contribution in [0.15, 0.2) is 39.0 Å². The van der Waals surface area contributed by atoms with Crippen LogP contribution in [-0.4, -0.2) is 4.98 Å². The van der Waals surface area contributed by atoms with E-state index >= 15 is 0 Å². The molecule has 0 spiro atoms. The Balaban J connectivity index is 2.34. The van der Waals surface area contributed by atoms with Gasteiger partial charge in [-0.1, -0.05) is 0 Å². The predicted octanol–water partition coefficient (Wildman–Crippen LogP) is 4.02. The van der Waals surface area contributed by atoms with Crippen molar-refractivity contribution in [2.24, 2.45) is 0 Å². The van der Waals surface area contributed by atoms with E-state index in [4.69, 9.17) is 9.68 Å². The molecule has 1 heterocycles. The number of oxazole rings is 1. The average molecular weight is 284 g/mol. The molecule has 0 aliphatic rings. The molecule has 7 heteroatoms. The second-order valence-electron chi connectivity index (χ2n) is 3.68. The summed E-state index contributed by atoms with van der Waals surface area (Å²) in [5.74, 6) is 0. The minimum Gasteiger partial charge on any atom is -0.439 e. The number of nitrogens with zero attached hydrogens (tertiary/aromatic N) is 2. The maximum absolute atomic E-state index is 12.5. The molecule has 1 aromatic heterocycles. The molecular formula is C12H7F3N2OS. The number of halogens is 3. The number of hydrogen-bond acceptors (Lipinski definition) is 4. The molecule has 0 saturated carbocycles. The van der Waals surface area contributed by atoms with Crippen LogP contribution in [0.4, 0.5) is 13.2 Å². The Morgan fingerprint density at radius 1 is 1.37 bits per heavy atom. The first kappa shape index (κ1) is 13.5. The van der Waals surface area contributed by atoms with Crippen LogP contribution in [-0.2, 0) is 6.18 Å². The lowest BCUT2D eigenvalue weighted by molar-refractivity contribution is -0.137. The third-order valence-corrected chi connectivity index (χ3v) is 3.16. The number of aryl methyl sites for hydroxylation is 1. The first-order valence-electron chi connectivity index (χ1n) is 5.11. The minimum absolute atomic E-state index is 0.0596. The summed E-state index contributed by atoms with van der Waals surface area (Å²) in [5, 5.41) is 9.20. The summed E-state index contributed by atoms with van der Waals surface area (Å²) in [4.78, 5) is 4.39. The van der Waals surface area contributed by atoms with Crippen molar-refractivity contribution in [2.75, 3.05) is 0 Å². The van der Waals surface area contributed by atoms with Gasteiger partial charge in [-0.25, -0.2) is 4.98 Å². The number of benzene rings is 1. The highest BCUT2D eigenvalue weighted by Crippen LogP contribution is 2.35. The molecule has 0 bridgehead atoms. The van der Waals surface area contributed by atoms with Gasteiger partial charge in [-0.05, 0) is 36.9 Å². The van der Waals surface area contributed by atoms with Gasteiger partial charge in [-0.2, -0.15) is 18.4 Å². The zero-order valence-corrected chi connectivity index (χ0v) is 10.5. The summed E-state index contributed by atoms with van der Waals surface area (Å²) in [6.45, 7) is 1.73. The van der Waals surface area contributed by atoms with E-state index in [0.717, 1.165) is 23.9 Å². The number of rotatable bonds is 2. The highest BCUT2D eigenvalue weighted by molar-refractivity contribution is 7.99. The van der Waals surface area contributed by atoms with Crippen LogP contribution >= 0.6 is 11.8 Å². The summed E-state index contributed by atoms with van der Waals surface area (Å²) in [7, 11) is 0. The van der Waals surface area contributed by atoms with Crippen molar-refractivity contribution in [2.45, 2.75) is 23.2 Å². The number of hydrogen-bond donors (Lipinski definition) is 0. The van der Waals surface area contributed by atoms with Crippen molar-refractivity contribution in [3.8, 4) is 6.07 Å². The van der Waals surface area contributed by atoms with Crippen molar-refractivity contribution < 1.29 is 17.6 Å². The lowest BCUT2D eigenvalue weighted by Gasteiger charge is -2.08. The van der Waals surface area contributed by atoms with Crippen LogP contribution in [0.1, 0.15) is 16.8 Å². The molecule has 19 heavy (non-hydrogen) atoms. The highest BCUT2D eigenvalue weighted by atomic mass is 32.2. The van der Waals surface area contributed by atoms with E-state index in [-0.39, 0.29) is 10.8 Å². The molecule has 1 aromatic carbocycles. The number of alkyl halides is 3. The van der Waals surface area contributed by atoms with Crippen LogP contribution in [0.2, 0.25) is 0 Å². The topological polar surface area (TPSA) is 49.8 Å². The minimum atomic E-state index is -4.46. The van der Waals surface area contributed by atoms with Crippen molar-refractivity contribution in [3.63, 3.8) is 0 Å². The second kappa shape index (κ2) is 4.97. The fourth-order valence-corrected chi connectivity index (χ4v) is 2.18. The Labute approximate surface area is 111 Å². The van der Waals surface area contributed by atoms with Gasteiger partial charge in [0.1, 0.15) is 12.3 Å². The Kier molecular flexibility index (Phi) is 3.53. The molecule has 0 amide bonds. The molecule has 0 saturated heterocycles. The molecule has 98 valence electrons. The standard InChI is InChI=1S/C12H7F3N2OS/c1-7-6-18-11(17-7)19-10-3-2-9(12(13,14)15)4-8(10)5-16/h2-4,6H,1H3. The Morgan fingerprint density at radius 3 is 2.63 bits per heavy atom. The van der Waals surface area contributed by atoms with Gasteiger partial charge >= 0.3 is 6.18 Å². The maximum Gasteiger partial charge on any atom is 0.416 e. The van der Waals surface area contributed by atoms with Gasteiger partial charge in [0.15, 0.2) is 0 Å². The first-order valence-corrected chi connectivity index (χ1v) is 5.93. The van der Waals surface area contributed by atoms with Crippen LogP contribution in [0, 0.1) is 18.3 Å². The lowest BCUT2D eigenvalue weighted by Crippen LogP contribution is -2.05. The van der Waals surface area contributed by atoms with E-state index in [1.54, 1.807) is 13.0 Å².